The number of nitrogens with zero attached hydrogens (tertiary/aromatic N) is 1. The molecule has 134 valence electrons. The number of aryl methyl sites for hydroxylation is 2. The smallest absolute Gasteiger partial charge is 0.240 e. The molecule has 1 atom stereocenters. The van der Waals surface area contributed by atoms with Crippen molar-refractivity contribution >= 4 is 34.4 Å². The summed E-state index contributed by atoms with van der Waals surface area (Å²) in [7, 11) is 0. The molecule has 2 aromatic rings. The summed E-state index contributed by atoms with van der Waals surface area (Å²) in [5, 5.41) is 5.70. The predicted molar refractivity (Wildman–Crippen MR) is 105 cm³/mol. The molecule has 6 heteroatoms. The lowest BCUT2D eigenvalue weighted by atomic mass is 10.1. The molecule has 2 aromatic carbocycles. The number of benzene rings is 2. The van der Waals surface area contributed by atoms with Crippen molar-refractivity contribution in [1.29, 1.82) is 0 Å². The van der Waals surface area contributed by atoms with Gasteiger partial charge >= 0.3 is 0 Å². The molecule has 1 aliphatic rings. The van der Waals surface area contributed by atoms with E-state index in [1.807, 2.05) is 62.4 Å². The van der Waals surface area contributed by atoms with Crippen molar-refractivity contribution in [3.05, 3.63) is 65.2 Å². The maximum Gasteiger partial charge on any atom is 0.240 e. The summed E-state index contributed by atoms with van der Waals surface area (Å²) in [6.07, 6.45) is 0.134. The SMILES string of the molecule is Cc1ccc(N=C2NC(=O)[C@H](CC(=O)NCc3ccccc3)S2)cc1C. The van der Waals surface area contributed by atoms with Gasteiger partial charge in [-0.3, -0.25) is 9.59 Å². The fourth-order valence-electron chi connectivity index (χ4n) is 2.54. The minimum Gasteiger partial charge on any atom is -0.352 e. The fraction of sp³-hybridized carbons (Fsp3) is 0.250. The molecule has 1 saturated heterocycles. The first kappa shape index (κ1) is 18.2. The van der Waals surface area contributed by atoms with Gasteiger partial charge in [-0.1, -0.05) is 48.2 Å². The van der Waals surface area contributed by atoms with Gasteiger partial charge in [0.05, 0.1) is 5.69 Å². The second kappa shape index (κ2) is 8.19. The van der Waals surface area contributed by atoms with Crippen LogP contribution in [0, 0.1) is 13.8 Å². The Balaban J connectivity index is 1.56. The molecule has 1 heterocycles. The summed E-state index contributed by atoms with van der Waals surface area (Å²) in [6, 6.07) is 15.6. The number of carbonyl (C=O) groups excluding carboxylic acids is 2. The molecule has 0 saturated carbocycles. The van der Waals surface area contributed by atoms with Gasteiger partial charge < -0.3 is 10.6 Å². The van der Waals surface area contributed by atoms with Crippen molar-refractivity contribution in [3.63, 3.8) is 0 Å². The first-order valence-electron chi connectivity index (χ1n) is 8.45. The van der Waals surface area contributed by atoms with Crippen LogP contribution in [0.3, 0.4) is 0 Å². The molecule has 26 heavy (non-hydrogen) atoms. The average Bonchev–Trinajstić information content (AvgIpc) is 2.96. The Labute approximate surface area is 157 Å². The highest BCUT2D eigenvalue weighted by Gasteiger charge is 2.32. The Hall–Kier alpha value is -2.60. The normalized spacial score (nSPS) is 18.0. The molecule has 0 radical (unpaired) electrons. The largest absolute Gasteiger partial charge is 0.352 e. The fourth-order valence-corrected chi connectivity index (χ4v) is 3.53. The Bertz CT molecular complexity index is 849. The molecule has 1 fully saturated rings. The summed E-state index contributed by atoms with van der Waals surface area (Å²) in [5.74, 6) is -0.318. The van der Waals surface area contributed by atoms with E-state index in [-0.39, 0.29) is 18.2 Å². The van der Waals surface area contributed by atoms with Crippen molar-refractivity contribution in [1.82, 2.24) is 10.6 Å². The van der Waals surface area contributed by atoms with Crippen molar-refractivity contribution in [2.24, 2.45) is 4.99 Å². The third-order valence-corrected chi connectivity index (χ3v) is 5.28. The van der Waals surface area contributed by atoms with Gasteiger partial charge in [0.1, 0.15) is 5.25 Å². The van der Waals surface area contributed by atoms with Crippen LogP contribution in [0.4, 0.5) is 5.69 Å². The Kier molecular flexibility index (Phi) is 5.73. The van der Waals surface area contributed by atoms with Gasteiger partial charge in [0.25, 0.3) is 0 Å². The molecule has 1 aliphatic heterocycles. The van der Waals surface area contributed by atoms with Crippen molar-refractivity contribution < 1.29 is 9.59 Å². The molecule has 0 aliphatic carbocycles. The van der Waals surface area contributed by atoms with Crippen LogP contribution in [0.1, 0.15) is 23.1 Å². The van der Waals surface area contributed by atoms with Crippen LogP contribution in [0.15, 0.2) is 53.5 Å². The molecule has 0 aromatic heterocycles. The molecule has 0 spiro atoms. The van der Waals surface area contributed by atoms with Crippen LogP contribution in [0.25, 0.3) is 0 Å². The standard InChI is InChI=1S/C20H21N3O2S/c1-13-8-9-16(10-14(13)2)22-20-23-19(25)17(26-20)11-18(24)21-12-15-6-4-3-5-7-15/h3-10,17H,11-12H2,1-2H3,(H,21,24)(H,22,23,25)/t17-/m0/s1. The maximum absolute atomic E-state index is 12.1. The minimum absolute atomic E-state index is 0.134. The highest BCUT2D eigenvalue weighted by atomic mass is 32.2. The Morgan fingerprint density at radius 3 is 2.65 bits per heavy atom. The average molecular weight is 367 g/mol. The number of hydrogen-bond acceptors (Lipinski definition) is 4. The van der Waals surface area contributed by atoms with Crippen molar-refractivity contribution in [2.75, 3.05) is 0 Å². The number of carbonyl (C=O) groups is 2. The summed E-state index contributed by atoms with van der Waals surface area (Å²) < 4.78 is 0. The Morgan fingerprint density at radius 2 is 1.92 bits per heavy atom. The molecular weight excluding hydrogens is 346 g/mol. The first-order chi connectivity index (χ1) is 12.5. The zero-order valence-corrected chi connectivity index (χ0v) is 15.6. The molecule has 2 N–H and O–H groups in total. The summed E-state index contributed by atoms with van der Waals surface area (Å²) >= 11 is 1.30. The number of nitrogens with one attached hydrogen (secondary N) is 2. The van der Waals surface area contributed by atoms with Crippen LogP contribution in [-0.2, 0) is 16.1 Å². The maximum atomic E-state index is 12.1. The monoisotopic (exact) mass is 367 g/mol. The van der Waals surface area contributed by atoms with E-state index in [1.54, 1.807) is 0 Å². The van der Waals surface area contributed by atoms with E-state index in [0.717, 1.165) is 16.8 Å². The highest BCUT2D eigenvalue weighted by Crippen LogP contribution is 2.26. The molecule has 0 bridgehead atoms. The zero-order valence-electron chi connectivity index (χ0n) is 14.8. The summed E-state index contributed by atoms with van der Waals surface area (Å²) in [6.45, 7) is 4.53. The number of amides is 2. The lowest BCUT2D eigenvalue weighted by molar-refractivity contribution is -0.125. The molecule has 2 amide bonds. The topological polar surface area (TPSA) is 70.6 Å². The number of rotatable bonds is 5. The Morgan fingerprint density at radius 1 is 1.15 bits per heavy atom. The molecule has 5 nitrogen and oxygen atoms in total. The van der Waals surface area contributed by atoms with Crippen LogP contribution in [-0.4, -0.2) is 22.2 Å². The summed E-state index contributed by atoms with van der Waals surface area (Å²) in [5.41, 5.74) is 4.18. The number of hydrogen-bond donors (Lipinski definition) is 2. The highest BCUT2D eigenvalue weighted by molar-refractivity contribution is 8.15. The van der Waals surface area contributed by atoms with E-state index in [9.17, 15) is 9.59 Å². The number of aliphatic imine (C=N–C) groups is 1. The van der Waals surface area contributed by atoms with E-state index >= 15 is 0 Å². The van der Waals surface area contributed by atoms with Crippen molar-refractivity contribution in [3.8, 4) is 0 Å². The number of thioether (sulfide) groups is 1. The van der Waals surface area contributed by atoms with Gasteiger partial charge in [0.15, 0.2) is 5.17 Å². The quantitative estimate of drug-likeness (QED) is 0.852. The molecule has 0 unspecified atom stereocenters. The van der Waals surface area contributed by atoms with E-state index in [4.69, 9.17) is 0 Å². The van der Waals surface area contributed by atoms with Crippen LogP contribution in [0.5, 0.6) is 0 Å². The third-order valence-electron chi connectivity index (χ3n) is 4.20. The van der Waals surface area contributed by atoms with Gasteiger partial charge in [-0.05, 0) is 42.7 Å². The van der Waals surface area contributed by atoms with E-state index in [0.29, 0.717) is 11.7 Å². The van der Waals surface area contributed by atoms with Gasteiger partial charge in [0, 0.05) is 13.0 Å². The molecule has 3 rings (SSSR count). The van der Waals surface area contributed by atoms with Crippen LogP contribution < -0.4 is 10.6 Å². The first-order valence-corrected chi connectivity index (χ1v) is 9.33. The van der Waals surface area contributed by atoms with Gasteiger partial charge in [-0.15, -0.1) is 0 Å². The lowest BCUT2D eigenvalue weighted by Gasteiger charge is -2.07. The van der Waals surface area contributed by atoms with Gasteiger partial charge in [-0.2, -0.15) is 0 Å². The van der Waals surface area contributed by atoms with E-state index in [2.05, 4.69) is 15.6 Å². The van der Waals surface area contributed by atoms with Gasteiger partial charge in [0.2, 0.25) is 11.8 Å². The summed E-state index contributed by atoms with van der Waals surface area (Å²) in [4.78, 5) is 28.7. The van der Waals surface area contributed by atoms with Crippen LogP contribution >= 0.6 is 11.8 Å². The minimum atomic E-state index is -0.448. The lowest BCUT2D eigenvalue weighted by Crippen LogP contribution is -2.31. The zero-order chi connectivity index (χ0) is 18.5. The van der Waals surface area contributed by atoms with Gasteiger partial charge in [-0.25, -0.2) is 4.99 Å². The number of amidine groups is 1. The third kappa shape index (κ3) is 4.73. The second-order valence-corrected chi connectivity index (χ2v) is 7.44. The van der Waals surface area contributed by atoms with E-state index < -0.39 is 5.25 Å². The van der Waals surface area contributed by atoms with Crippen LogP contribution in [0.2, 0.25) is 0 Å². The van der Waals surface area contributed by atoms with E-state index in [1.165, 1.54) is 17.3 Å². The molecular formula is C20H21N3O2S. The second-order valence-electron chi connectivity index (χ2n) is 6.25. The van der Waals surface area contributed by atoms with Crippen molar-refractivity contribution in [2.45, 2.75) is 32.1 Å². The predicted octanol–water partition coefficient (Wildman–Crippen LogP) is 3.23.